The second-order valence-corrected chi connectivity index (χ2v) is 5.70. The van der Waals surface area contributed by atoms with E-state index in [0.29, 0.717) is 5.96 Å². The fourth-order valence-corrected chi connectivity index (χ4v) is 3.10. The molecule has 7 heteroatoms. The van der Waals surface area contributed by atoms with E-state index in [9.17, 15) is 0 Å². The van der Waals surface area contributed by atoms with Crippen molar-refractivity contribution < 1.29 is 0 Å². The lowest BCUT2D eigenvalue weighted by Gasteiger charge is -2.04. The number of guanidine groups is 1. The van der Waals surface area contributed by atoms with E-state index in [1.165, 1.54) is 0 Å². The molecule has 0 unspecified atom stereocenters. The number of halogens is 1. The van der Waals surface area contributed by atoms with Gasteiger partial charge < -0.3 is 10.3 Å². The van der Waals surface area contributed by atoms with Crippen LogP contribution in [0.3, 0.4) is 0 Å². The van der Waals surface area contributed by atoms with Crippen molar-refractivity contribution in [3.63, 3.8) is 0 Å². The topological polar surface area (TPSA) is 77.8 Å². The number of hydrogen-bond donors (Lipinski definition) is 2. The first-order valence-corrected chi connectivity index (χ1v) is 7.89. The van der Waals surface area contributed by atoms with Gasteiger partial charge in [-0.2, -0.15) is 0 Å². The minimum absolute atomic E-state index is 0. The van der Waals surface area contributed by atoms with Crippen LogP contribution >= 0.6 is 17.0 Å². The molecular weight excluding hydrogens is 380 g/mol. The summed E-state index contributed by atoms with van der Waals surface area (Å²) in [6.07, 6.45) is 0. The van der Waals surface area contributed by atoms with Crippen LogP contribution in [0.2, 0.25) is 0 Å². The smallest absolute Gasteiger partial charge is 0.238 e. The van der Waals surface area contributed by atoms with Gasteiger partial charge in [0.1, 0.15) is 5.69 Å². The van der Waals surface area contributed by atoms with Crippen LogP contribution in [-0.4, -0.2) is 29.0 Å². The lowest BCUT2D eigenvalue weighted by Crippen LogP contribution is -2.15. The van der Waals surface area contributed by atoms with Gasteiger partial charge in [0.05, 0.1) is 29.0 Å². The lowest BCUT2D eigenvalue weighted by molar-refractivity contribution is 0.953. The molecule has 2 aromatic rings. The fourth-order valence-electron chi connectivity index (χ4n) is 3.10. The Morgan fingerprint density at radius 2 is 1.72 bits per heavy atom. The van der Waals surface area contributed by atoms with Crippen molar-refractivity contribution in [3.8, 4) is 11.4 Å². The Morgan fingerprint density at radius 3 is 2.56 bits per heavy atom. The summed E-state index contributed by atoms with van der Waals surface area (Å²) >= 11 is 0. The molecule has 0 bridgehead atoms. The van der Waals surface area contributed by atoms with Crippen molar-refractivity contribution in [2.45, 2.75) is 0 Å². The maximum atomic E-state index is 4.83. The summed E-state index contributed by atoms with van der Waals surface area (Å²) in [6, 6.07) is 16.1. The molecule has 2 aliphatic heterocycles. The number of aliphatic imine (C=N–C) groups is 1. The van der Waals surface area contributed by atoms with Crippen LogP contribution in [0.25, 0.3) is 33.2 Å². The maximum absolute atomic E-state index is 4.83. The van der Waals surface area contributed by atoms with Crippen LogP contribution in [0.4, 0.5) is 5.69 Å². The number of fused-ring (bicyclic) bond motifs is 4. The number of hydrogen-bond acceptors (Lipinski definition) is 5. The number of benzene rings is 2. The summed E-state index contributed by atoms with van der Waals surface area (Å²) in [4.78, 5) is 12.6. The highest BCUT2D eigenvalue weighted by Gasteiger charge is 2.20. The lowest BCUT2D eigenvalue weighted by atomic mass is 10.2. The van der Waals surface area contributed by atoms with Gasteiger partial charge in [-0.15, -0.1) is 27.2 Å². The summed E-state index contributed by atoms with van der Waals surface area (Å²) in [6.45, 7) is 1.56. The van der Waals surface area contributed by atoms with Gasteiger partial charge in [0, 0.05) is 17.3 Å². The van der Waals surface area contributed by atoms with E-state index in [4.69, 9.17) is 4.98 Å². The Hall–Kier alpha value is -2.80. The third kappa shape index (κ3) is 2.56. The predicted octanol–water partition coefficient (Wildman–Crippen LogP) is 4.44. The number of para-hydroxylation sites is 2. The molecule has 6 nitrogen and oxygen atoms in total. The van der Waals surface area contributed by atoms with E-state index >= 15 is 0 Å². The van der Waals surface area contributed by atoms with Gasteiger partial charge in [0.25, 0.3) is 0 Å². The first-order valence-electron chi connectivity index (χ1n) is 7.89. The predicted molar refractivity (Wildman–Crippen MR) is 105 cm³/mol. The minimum atomic E-state index is 0. The molecule has 5 rings (SSSR count). The first-order chi connectivity index (χ1) is 11.9. The van der Waals surface area contributed by atoms with Crippen LogP contribution in [0.5, 0.6) is 0 Å². The highest BCUT2D eigenvalue weighted by atomic mass is 79.9. The third-order valence-corrected chi connectivity index (χ3v) is 4.21. The number of nitrogens with zero attached hydrogens (tertiary/aromatic N) is 4. The molecule has 25 heavy (non-hydrogen) atoms. The average molecular weight is 395 g/mol. The Kier molecular flexibility index (Phi) is 3.93. The summed E-state index contributed by atoms with van der Waals surface area (Å²) in [5.41, 5.74) is 4.53. The van der Waals surface area contributed by atoms with Gasteiger partial charge in [0.15, 0.2) is 0 Å². The zero-order chi connectivity index (χ0) is 15.9. The second-order valence-electron chi connectivity index (χ2n) is 5.70. The molecule has 0 aromatic heterocycles. The number of nitrogens with one attached hydrogen (secondary N) is 2. The highest BCUT2D eigenvalue weighted by Crippen LogP contribution is 2.43. The van der Waals surface area contributed by atoms with E-state index in [-0.39, 0.29) is 17.0 Å². The molecule has 1 aliphatic carbocycles. The van der Waals surface area contributed by atoms with Crippen molar-refractivity contribution in [3.05, 3.63) is 48.5 Å². The molecule has 2 N–H and O–H groups in total. The SMILES string of the molecule is Br.c1ccc2[nH]c3c(N=NC4=NCCN4)c4ccccc4c-3nc2c1. The monoisotopic (exact) mass is 394 g/mol. The Morgan fingerprint density at radius 1 is 0.920 bits per heavy atom. The molecule has 124 valence electrons. The van der Waals surface area contributed by atoms with Crippen LogP contribution in [0, 0.1) is 0 Å². The van der Waals surface area contributed by atoms with Crippen molar-refractivity contribution >= 4 is 50.4 Å². The number of aromatic amines is 1. The molecule has 2 aromatic carbocycles. The van der Waals surface area contributed by atoms with Crippen LogP contribution in [0.1, 0.15) is 0 Å². The second kappa shape index (κ2) is 6.25. The molecule has 0 spiro atoms. The minimum Gasteiger partial charge on any atom is -0.351 e. The zero-order valence-corrected chi connectivity index (χ0v) is 14.9. The summed E-state index contributed by atoms with van der Waals surface area (Å²) in [5.74, 6) is 0.585. The zero-order valence-electron chi connectivity index (χ0n) is 13.2. The quantitative estimate of drug-likeness (QED) is 0.468. The molecule has 0 atom stereocenters. The van der Waals surface area contributed by atoms with Crippen molar-refractivity contribution in [1.82, 2.24) is 15.3 Å². The highest BCUT2D eigenvalue weighted by molar-refractivity contribution is 8.93. The molecule has 0 radical (unpaired) electrons. The standard InChI is InChI=1S/C18H14N6.BrH/c1-2-6-12-11(5-1)15-17(16(12)23-24-18-19-9-10-20-18)22-14-8-4-3-7-13(14)21-15;/h1-8,22H,9-10H2,(H,19,20);1H. The number of H-pyrrole nitrogens is 1. The normalized spacial score (nSPS) is 14.2. The molecule has 0 fully saturated rings. The van der Waals surface area contributed by atoms with Gasteiger partial charge in [-0.3, -0.25) is 0 Å². The van der Waals surface area contributed by atoms with Gasteiger partial charge in [-0.05, 0) is 12.1 Å². The van der Waals surface area contributed by atoms with Crippen molar-refractivity contribution in [1.29, 1.82) is 0 Å². The summed E-state index contributed by atoms with van der Waals surface area (Å²) in [7, 11) is 0. The van der Waals surface area contributed by atoms with Gasteiger partial charge in [-0.25, -0.2) is 9.98 Å². The van der Waals surface area contributed by atoms with Crippen LogP contribution in [-0.2, 0) is 0 Å². The number of rotatable bonds is 1. The van der Waals surface area contributed by atoms with Crippen molar-refractivity contribution in [2.75, 3.05) is 13.1 Å². The van der Waals surface area contributed by atoms with Gasteiger partial charge >= 0.3 is 0 Å². The van der Waals surface area contributed by atoms with E-state index < -0.39 is 0 Å². The maximum Gasteiger partial charge on any atom is 0.238 e. The Bertz CT molecular complexity index is 1100. The number of azo groups is 1. The Labute approximate surface area is 154 Å². The molecular formula is C18H15BrN6. The first kappa shape index (κ1) is 15.7. The third-order valence-electron chi connectivity index (χ3n) is 4.21. The van der Waals surface area contributed by atoms with E-state index in [1.807, 2.05) is 42.5 Å². The van der Waals surface area contributed by atoms with Crippen LogP contribution in [0.15, 0.2) is 63.8 Å². The average Bonchev–Trinajstić information content (AvgIpc) is 3.24. The largest absolute Gasteiger partial charge is 0.351 e. The van der Waals surface area contributed by atoms with Crippen molar-refractivity contribution in [2.24, 2.45) is 15.2 Å². The Balaban J connectivity index is 0.00000157. The molecule has 0 amide bonds. The van der Waals surface area contributed by atoms with Crippen LogP contribution < -0.4 is 5.32 Å². The van der Waals surface area contributed by atoms with Gasteiger partial charge in [-0.1, -0.05) is 36.4 Å². The summed E-state index contributed by atoms with van der Waals surface area (Å²) in [5, 5.41) is 14.0. The van der Waals surface area contributed by atoms with E-state index in [0.717, 1.165) is 52.0 Å². The molecule has 0 saturated carbocycles. The fraction of sp³-hybridized carbons (Fsp3) is 0.111. The number of aromatic nitrogens is 2. The summed E-state index contributed by atoms with van der Waals surface area (Å²) < 4.78 is 0. The molecule has 0 saturated heterocycles. The molecule has 2 heterocycles. The van der Waals surface area contributed by atoms with E-state index in [1.54, 1.807) is 0 Å². The van der Waals surface area contributed by atoms with E-state index in [2.05, 4.69) is 31.6 Å². The molecule has 3 aliphatic rings. The van der Waals surface area contributed by atoms with Gasteiger partial charge in [0.2, 0.25) is 5.96 Å².